The smallest absolute Gasteiger partial charge is 0.150 e. The van der Waals surface area contributed by atoms with Crippen LogP contribution in [0.2, 0.25) is 10.0 Å². The van der Waals surface area contributed by atoms with Gasteiger partial charge in [-0.1, -0.05) is 62.2 Å². The van der Waals surface area contributed by atoms with Crippen LogP contribution in [0.5, 0.6) is 5.75 Å². The summed E-state index contributed by atoms with van der Waals surface area (Å²) in [7, 11) is 1.55. The van der Waals surface area contributed by atoms with Crippen molar-refractivity contribution in [1.82, 2.24) is 5.32 Å². The molecule has 1 saturated heterocycles. The minimum Gasteiger partial charge on any atom is -0.496 e. The third kappa shape index (κ3) is 6.47. The van der Waals surface area contributed by atoms with Gasteiger partial charge in [0.15, 0.2) is 0 Å². The SMILES string of the molecule is COc1cc(Cl)ccc1[C@@]1(C#N)[C@H](CC(C)(C)C)N[C@H](C(=O)CCC[C@@H](O)CO)[C@@H]1c1cccc(Cl)c1. The largest absolute Gasteiger partial charge is 0.496 e. The number of aliphatic hydroxyl groups is 2. The molecular formula is C29H36Cl2N2O4. The molecule has 0 unspecified atom stereocenters. The lowest BCUT2D eigenvalue weighted by Crippen LogP contribution is -2.44. The van der Waals surface area contributed by atoms with E-state index >= 15 is 0 Å². The minimum atomic E-state index is -1.17. The van der Waals surface area contributed by atoms with E-state index in [4.69, 9.17) is 33.0 Å². The quantitative estimate of drug-likeness (QED) is 0.367. The van der Waals surface area contributed by atoms with Crippen LogP contribution >= 0.6 is 23.2 Å². The molecule has 1 aliphatic heterocycles. The van der Waals surface area contributed by atoms with Gasteiger partial charge in [-0.05, 0) is 54.5 Å². The van der Waals surface area contributed by atoms with Crippen molar-refractivity contribution in [2.24, 2.45) is 5.41 Å². The summed E-state index contributed by atoms with van der Waals surface area (Å²) in [5, 5.41) is 34.5. The summed E-state index contributed by atoms with van der Waals surface area (Å²) in [5.41, 5.74) is 0.128. The molecule has 3 rings (SSSR count). The number of aliphatic hydroxyl groups excluding tert-OH is 2. The number of ether oxygens (including phenoxy) is 1. The summed E-state index contributed by atoms with van der Waals surface area (Å²) in [6.45, 7) is 5.98. The standard InChI is InChI=1S/C29H36Cl2N2O4/c1-28(2,3)15-25-29(17-32,22-12-11-20(31)14-24(22)37-4)26(18-7-5-8-19(30)13-18)27(33-25)23(36)10-6-9-21(35)16-34/h5,7-8,11-14,21,25-27,33-35H,6,9-10,15-16H2,1-4H3/t21-,25+,26+,27-,29+/m1/s1. The second-order valence-corrected chi connectivity index (χ2v) is 11.9. The number of hydrogen-bond donors (Lipinski definition) is 3. The molecule has 0 amide bonds. The van der Waals surface area contributed by atoms with Crippen molar-refractivity contribution in [2.75, 3.05) is 13.7 Å². The normalized spacial score (nSPS) is 24.5. The summed E-state index contributed by atoms with van der Waals surface area (Å²) >= 11 is 12.7. The molecule has 0 aromatic heterocycles. The monoisotopic (exact) mass is 546 g/mol. The Kier molecular flexibility index (Phi) is 9.66. The average Bonchev–Trinajstić information content (AvgIpc) is 3.16. The Labute approximate surface area is 229 Å². The molecule has 1 heterocycles. The summed E-state index contributed by atoms with van der Waals surface area (Å²) in [5.74, 6) is -0.131. The number of nitrogens with zero attached hydrogens (tertiary/aromatic N) is 1. The lowest BCUT2D eigenvalue weighted by Gasteiger charge is -2.38. The van der Waals surface area contributed by atoms with Crippen molar-refractivity contribution in [2.45, 2.75) is 76.0 Å². The molecule has 5 atom stereocenters. The highest BCUT2D eigenvalue weighted by molar-refractivity contribution is 6.31. The van der Waals surface area contributed by atoms with Crippen molar-refractivity contribution in [3.8, 4) is 11.8 Å². The van der Waals surface area contributed by atoms with Crippen LogP contribution in [-0.4, -0.2) is 47.9 Å². The lowest BCUT2D eigenvalue weighted by atomic mass is 9.62. The van der Waals surface area contributed by atoms with E-state index in [1.807, 2.05) is 24.3 Å². The first-order chi connectivity index (χ1) is 17.5. The number of benzene rings is 2. The fraction of sp³-hybridized carbons (Fsp3) is 0.517. The zero-order chi connectivity index (χ0) is 27.4. The molecule has 0 radical (unpaired) electrons. The first kappa shape index (κ1) is 29.4. The van der Waals surface area contributed by atoms with Gasteiger partial charge in [0, 0.05) is 34.0 Å². The van der Waals surface area contributed by atoms with Gasteiger partial charge in [-0.25, -0.2) is 0 Å². The van der Waals surface area contributed by atoms with E-state index in [1.165, 1.54) is 0 Å². The molecule has 37 heavy (non-hydrogen) atoms. The number of Topliss-reactive ketones (excluding diaryl/α,β-unsaturated/α-hetero) is 1. The maximum Gasteiger partial charge on any atom is 0.150 e. The Balaban J connectivity index is 2.22. The van der Waals surface area contributed by atoms with Gasteiger partial charge >= 0.3 is 0 Å². The molecule has 200 valence electrons. The van der Waals surface area contributed by atoms with Gasteiger partial charge in [-0.2, -0.15) is 5.26 Å². The number of methoxy groups -OCH3 is 1. The fourth-order valence-electron chi connectivity index (χ4n) is 5.52. The molecule has 2 aromatic carbocycles. The number of nitrogens with one attached hydrogen (secondary N) is 1. The number of hydrogen-bond acceptors (Lipinski definition) is 6. The number of carbonyl (C=O) groups excluding carboxylic acids is 1. The van der Waals surface area contributed by atoms with Crippen LogP contribution in [0.4, 0.5) is 0 Å². The molecule has 0 aliphatic carbocycles. The fourth-order valence-corrected chi connectivity index (χ4v) is 5.88. The molecule has 0 saturated carbocycles. The van der Waals surface area contributed by atoms with E-state index in [-0.39, 0.29) is 30.3 Å². The topological polar surface area (TPSA) is 103 Å². The van der Waals surface area contributed by atoms with Gasteiger partial charge in [0.25, 0.3) is 0 Å². The van der Waals surface area contributed by atoms with Gasteiger partial charge in [-0.3, -0.25) is 4.79 Å². The highest BCUT2D eigenvalue weighted by atomic mass is 35.5. The molecule has 0 spiro atoms. The second-order valence-electron chi connectivity index (χ2n) is 11.0. The Morgan fingerprint density at radius 1 is 1.22 bits per heavy atom. The Bertz CT molecular complexity index is 1140. The zero-order valence-corrected chi connectivity index (χ0v) is 23.3. The van der Waals surface area contributed by atoms with Crippen LogP contribution in [0, 0.1) is 16.7 Å². The van der Waals surface area contributed by atoms with Crippen LogP contribution in [0.1, 0.15) is 63.5 Å². The molecule has 6 nitrogen and oxygen atoms in total. The van der Waals surface area contributed by atoms with Crippen LogP contribution in [0.15, 0.2) is 42.5 Å². The van der Waals surface area contributed by atoms with Crippen LogP contribution in [0.3, 0.4) is 0 Å². The highest BCUT2D eigenvalue weighted by Crippen LogP contribution is 2.54. The van der Waals surface area contributed by atoms with Gasteiger partial charge in [-0.15, -0.1) is 0 Å². The van der Waals surface area contributed by atoms with Gasteiger partial charge in [0.05, 0.1) is 31.9 Å². The Hall–Kier alpha value is -2.14. The third-order valence-electron chi connectivity index (χ3n) is 7.09. The number of nitriles is 1. The molecule has 1 aliphatic rings. The van der Waals surface area contributed by atoms with Crippen LogP contribution < -0.4 is 10.1 Å². The predicted molar refractivity (Wildman–Crippen MR) is 146 cm³/mol. The van der Waals surface area contributed by atoms with Crippen molar-refractivity contribution < 1.29 is 19.7 Å². The molecule has 3 N–H and O–H groups in total. The number of ketones is 1. The highest BCUT2D eigenvalue weighted by Gasteiger charge is 2.60. The Morgan fingerprint density at radius 2 is 1.92 bits per heavy atom. The van der Waals surface area contributed by atoms with Gasteiger partial charge < -0.3 is 20.3 Å². The first-order valence-corrected chi connectivity index (χ1v) is 13.3. The first-order valence-electron chi connectivity index (χ1n) is 12.5. The van der Waals surface area contributed by atoms with Gasteiger partial charge in [0.1, 0.15) is 16.9 Å². The number of carbonyl (C=O) groups is 1. The van der Waals surface area contributed by atoms with Gasteiger partial charge in [0.2, 0.25) is 0 Å². The maximum absolute atomic E-state index is 13.7. The summed E-state index contributed by atoms with van der Waals surface area (Å²) in [4.78, 5) is 13.7. The number of halogens is 2. The predicted octanol–water partition coefficient (Wildman–Crippen LogP) is 5.42. The molecule has 8 heteroatoms. The number of rotatable bonds is 10. The molecule has 0 bridgehead atoms. The maximum atomic E-state index is 13.7. The Morgan fingerprint density at radius 3 is 2.51 bits per heavy atom. The molecule has 1 fully saturated rings. The van der Waals surface area contributed by atoms with E-state index < -0.39 is 23.5 Å². The molecular weight excluding hydrogens is 511 g/mol. The second kappa shape index (κ2) is 12.1. The van der Waals surface area contributed by atoms with Crippen LogP contribution in [-0.2, 0) is 10.2 Å². The molecule has 2 aromatic rings. The summed E-state index contributed by atoms with van der Waals surface area (Å²) < 4.78 is 5.73. The van der Waals surface area contributed by atoms with Crippen molar-refractivity contribution in [3.05, 3.63) is 63.6 Å². The van der Waals surface area contributed by atoms with E-state index in [0.717, 1.165) is 5.56 Å². The average molecular weight is 548 g/mol. The summed E-state index contributed by atoms with van der Waals surface area (Å²) in [6, 6.07) is 14.2. The summed E-state index contributed by atoms with van der Waals surface area (Å²) in [6.07, 6.45) is 0.702. The van der Waals surface area contributed by atoms with Crippen molar-refractivity contribution in [1.29, 1.82) is 5.26 Å². The van der Waals surface area contributed by atoms with Crippen molar-refractivity contribution >= 4 is 29.0 Å². The van der Waals surface area contributed by atoms with E-state index in [9.17, 15) is 15.2 Å². The van der Waals surface area contributed by atoms with Crippen LogP contribution in [0.25, 0.3) is 0 Å². The lowest BCUT2D eigenvalue weighted by molar-refractivity contribution is -0.121. The van der Waals surface area contributed by atoms with E-state index in [2.05, 4.69) is 32.2 Å². The van der Waals surface area contributed by atoms with Crippen molar-refractivity contribution in [3.63, 3.8) is 0 Å². The zero-order valence-electron chi connectivity index (χ0n) is 21.8. The third-order valence-corrected chi connectivity index (χ3v) is 7.56. The van der Waals surface area contributed by atoms with E-state index in [1.54, 1.807) is 25.3 Å². The van der Waals surface area contributed by atoms with E-state index in [0.29, 0.717) is 40.6 Å². The minimum absolute atomic E-state index is 0.0564.